The third kappa shape index (κ3) is 2.96. The number of rotatable bonds is 3. The first kappa shape index (κ1) is 14.5. The topological polar surface area (TPSA) is 65.3 Å². The lowest BCUT2D eigenvalue weighted by Gasteiger charge is -2.09. The number of aryl methyl sites for hydroxylation is 3. The summed E-state index contributed by atoms with van der Waals surface area (Å²) in [5, 5.41) is 10.7. The Morgan fingerprint density at radius 2 is 1.75 bits per heavy atom. The molecule has 0 N–H and O–H groups in total. The molecule has 0 atom stereocenters. The van der Waals surface area contributed by atoms with E-state index in [1.165, 1.54) is 6.20 Å². The summed E-state index contributed by atoms with van der Waals surface area (Å²) < 4.78 is 6.70. The molecule has 0 amide bonds. The highest BCUT2D eigenvalue weighted by molar-refractivity contribution is 9.10. The number of pyridine rings is 1. The zero-order valence-electron chi connectivity index (χ0n) is 11.3. The van der Waals surface area contributed by atoms with Crippen molar-refractivity contribution < 1.29 is 9.66 Å². The van der Waals surface area contributed by atoms with E-state index in [0.717, 1.165) is 15.6 Å². The Bertz CT molecular complexity index is 663. The largest absolute Gasteiger partial charge is 0.439 e. The molecule has 20 heavy (non-hydrogen) atoms. The summed E-state index contributed by atoms with van der Waals surface area (Å²) in [7, 11) is 0. The standard InChI is InChI=1S/C14H13BrN2O3/c1-8-6-13(16-7-12(8)17(18)19)20-11-4-9(2)14(15)10(3)5-11/h4-7H,1-3H3. The number of nitrogens with zero attached hydrogens (tertiary/aromatic N) is 2. The predicted octanol–water partition coefficient (Wildman–Crippen LogP) is 4.47. The van der Waals surface area contributed by atoms with Crippen LogP contribution in [0.15, 0.2) is 28.9 Å². The first-order valence-corrected chi connectivity index (χ1v) is 6.73. The second-order valence-corrected chi connectivity index (χ2v) is 5.33. The Balaban J connectivity index is 2.31. The van der Waals surface area contributed by atoms with Gasteiger partial charge in [0, 0.05) is 16.1 Å². The number of hydrogen-bond acceptors (Lipinski definition) is 4. The average Bonchev–Trinajstić information content (AvgIpc) is 2.35. The fourth-order valence-corrected chi connectivity index (χ4v) is 2.08. The zero-order chi connectivity index (χ0) is 14.9. The first-order chi connectivity index (χ1) is 9.38. The SMILES string of the molecule is Cc1cc(Oc2cc(C)c(Br)c(C)c2)ncc1[N+](=O)[O-]. The number of ether oxygens (including phenoxy) is 1. The molecule has 0 fully saturated rings. The minimum atomic E-state index is -0.458. The number of nitro groups is 1. The molecule has 0 saturated heterocycles. The van der Waals surface area contributed by atoms with Crippen molar-refractivity contribution in [2.24, 2.45) is 0 Å². The van der Waals surface area contributed by atoms with Crippen LogP contribution in [-0.2, 0) is 0 Å². The van der Waals surface area contributed by atoms with Crippen LogP contribution >= 0.6 is 15.9 Å². The van der Waals surface area contributed by atoms with Gasteiger partial charge in [-0.25, -0.2) is 4.98 Å². The molecular weight excluding hydrogens is 324 g/mol. The monoisotopic (exact) mass is 336 g/mol. The summed E-state index contributed by atoms with van der Waals surface area (Å²) in [6, 6.07) is 5.33. The fourth-order valence-electron chi connectivity index (χ4n) is 1.86. The number of benzene rings is 1. The zero-order valence-corrected chi connectivity index (χ0v) is 12.9. The Labute approximate surface area is 124 Å². The third-order valence-corrected chi connectivity index (χ3v) is 4.14. The van der Waals surface area contributed by atoms with E-state index in [2.05, 4.69) is 20.9 Å². The van der Waals surface area contributed by atoms with Crippen LogP contribution in [0, 0.1) is 30.9 Å². The van der Waals surface area contributed by atoms with Gasteiger partial charge in [-0.05, 0) is 44.0 Å². The van der Waals surface area contributed by atoms with Crippen LogP contribution in [0.5, 0.6) is 11.6 Å². The van der Waals surface area contributed by atoms with Crippen molar-refractivity contribution in [2.75, 3.05) is 0 Å². The highest BCUT2D eigenvalue weighted by Crippen LogP contribution is 2.30. The van der Waals surface area contributed by atoms with E-state index in [1.807, 2.05) is 26.0 Å². The number of halogens is 1. The van der Waals surface area contributed by atoms with E-state index in [1.54, 1.807) is 13.0 Å². The van der Waals surface area contributed by atoms with Gasteiger partial charge in [0.15, 0.2) is 0 Å². The molecule has 0 aliphatic rings. The Morgan fingerprint density at radius 1 is 1.15 bits per heavy atom. The molecule has 104 valence electrons. The lowest BCUT2D eigenvalue weighted by atomic mass is 10.1. The van der Waals surface area contributed by atoms with Crippen molar-refractivity contribution >= 4 is 21.6 Å². The van der Waals surface area contributed by atoms with Crippen molar-refractivity contribution in [3.63, 3.8) is 0 Å². The summed E-state index contributed by atoms with van der Waals surface area (Å²) in [6.07, 6.45) is 1.21. The molecule has 5 nitrogen and oxygen atoms in total. The second-order valence-electron chi connectivity index (χ2n) is 4.54. The van der Waals surface area contributed by atoms with E-state index in [0.29, 0.717) is 17.2 Å². The van der Waals surface area contributed by atoms with E-state index < -0.39 is 4.92 Å². The maximum Gasteiger partial charge on any atom is 0.290 e. The van der Waals surface area contributed by atoms with E-state index >= 15 is 0 Å². The summed E-state index contributed by atoms with van der Waals surface area (Å²) in [4.78, 5) is 14.2. The second kappa shape index (κ2) is 5.58. The maximum atomic E-state index is 10.7. The van der Waals surface area contributed by atoms with Gasteiger partial charge in [0.1, 0.15) is 11.9 Å². The van der Waals surface area contributed by atoms with Crippen molar-refractivity contribution in [1.29, 1.82) is 0 Å². The molecule has 1 aromatic carbocycles. The van der Waals surface area contributed by atoms with Gasteiger partial charge >= 0.3 is 0 Å². The smallest absolute Gasteiger partial charge is 0.290 e. The quantitative estimate of drug-likeness (QED) is 0.612. The van der Waals surface area contributed by atoms with Crippen molar-refractivity contribution in [3.05, 3.63) is 55.7 Å². The molecule has 0 bridgehead atoms. The highest BCUT2D eigenvalue weighted by atomic mass is 79.9. The molecule has 0 unspecified atom stereocenters. The lowest BCUT2D eigenvalue weighted by molar-refractivity contribution is -0.385. The molecule has 2 rings (SSSR count). The first-order valence-electron chi connectivity index (χ1n) is 5.94. The van der Waals surface area contributed by atoms with Gasteiger partial charge in [0.05, 0.1) is 4.92 Å². The molecule has 1 aromatic heterocycles. The van der Waals surface area contributed by atoms with Crippen LogP contribution in [0.2, 0.25) is 0 Å². The van der Waals surface area contributed by atoms with Gasteiger partial charge in [-0.2, -0.15) is 0 Å². The molecule has 0 saturated carbocycles. The lowest BCUT2D eigenvalue weighted by Crippen LogP contribution is -1.95. The van der Waals surface area contributed by atoms with Gasteiger partial charge in [0.2, 0.25) is 5.88 Å². The van der Waals surface area contributed by atoms with E-state index in [4.69, 9.17) is 4.74 Å². The van der Waals surface area contributed by atoms with Crippen LogP contribution in [0.4, 0.5) is 5.69 Å². The molecule has 2 aromatic rings. The molecular formula is C14H13BrN2O3. The van der Waals surface area contributed by atoms with Gasteiger partial charge in [-0.3, -0.25) is 10.1 Å². The minimum Gasteiger partial charge on any atom is -0.439 e. The van der Waals surface area contributed by atoms with Gasteiger partial charge in [-0.1, -0.05) is 15.9 Å². The molecule has 0 radical (unpaired) electrons. The van der Waals surface area contributed by atoms with Crippen molar-refractivity contribution in [2.45, 2.75) is 20.8 Å². The fraction of sp³-hybridized carbons (Fsp3) is 0.214. The van der Waals surface area contributed by atoms with Gasteiger partial charge in [-0.15, -0.1) is 0 Å². The Kier molecular flexibility index (Phi) is 4.04. The van der Waals surface area contributed by atoms with Crippen LogP contribution in [0.3, 0.4) is 0 Å². The van der Waals surface area contributed by atoms with Crippen LogP contribution in [0.1, 0.15) is 16.7 Å². The minimum absolute atomic E-state index is 0.0134. The molecule has 0 aliphatic carbocycles. The summed E-state index contributed by atoms with van der Waals surface area (Å²) in [6.45, 7) is 5.60. The van der Waals surface area contributed by atoms with Crippen molar-refractivity contribution in [3.8, 4) is 11.6 Å². The van der Waals surface area contributed by atoms with Crippen molar-refractivity contribution in [1.82, 2.24) is 4.98 Å². The summed E-state index contributed by atoms with van der Waals surface area (Å²) in [5.74, 6) is 0.998. The predicted molar refractivity (Wildman–Crippen MR) is 79.3 cm³/mol. The molecule has 0 aliphatic heterocycles. The van der Waals surface area contributed by atoms with E-state index in [-0.39, 0.29) is 5.69 Å². The third-order valence-electron chi connectivity index (χ3n) is 2.89. The number of hydrogen-bond donors (Lipinski definition) is 0. The average molecular weight is 337 g/mol. The summed E-state index contributed by atoms with van der Waals surface area (Å²) >= 11 is 3.49. The van der Waals surface area contributed by atoms with Crippen LogP contribution in [-0.4, -0.2) is 9.91 Å². The highest BCUT2D eigenvalue weighted by Gasteiger charge is 2.13. The van der Waals surface area contributed by atoms with E-state index in [9.17, 15) is 10.1 Å². The Morgan fingerprint density at radius 3 is 2.25 bits per heavy atom. The maximum absolute atomic E-state index is 10.7. The van der Waals surface area contributed by atoms with Gasteiger partial charge < -0.3 is 4.74 Å². The Hall–Kier alpha value is -1.95. The normalized spacial score (nSPS) is 10.4. The van der Waals surface area contributed by atoms with Gasteiger partial charge in [0.25, 0.3) is 5.69 Å². The van der Waals surface area contributed by atoms with Crippen LogP contribution in [0.25, 0.3) is 0 Å². The van der Waals surface area contributed by atoms with Crippen LogP contribution < -0.4 is 4.74 Å². The molecule has 0 spiro atoms. The molecule has 1 heterocycles. The summed E-state index contributed by atoms with van der Waals surface area (Å²) in [5.41, 5.74) is 2.61. The number of aromatic nitrogens is 1. The molecule has 6 heteroatoms.